The Balaban J connectivity index is 1.54. The maximum atomic E-state index is 12.9. The first-order chi connectivity index (χ1) is 13.9. The van der Waals surface area contributed by atoms with Gasteiger partial charge in [0.2, 0.25) is 15.9 Å². The molecule has 0 aliphatic rings. The lowest BCUT2D eigenvalue weighted by molar-refractivity contribution is -0.115. The highest BCUT2D eigenvalue weighted by Crippen LogP contribution is 2.15. The Morgan fingerprint density at radius 1 is 0.828 bits per heavy atom. The molecule has 3 aromatic carbocycles. The van der Waals surface area contributed by atoms with Crippen LogP contribution in [0.4, 0.5) is 10.1 Å². The lowest BCUT2D eigenvalue weighted by Crippen LogP contribution is -2.26. The third-order valence-corrected chi connectivity index (χ3v) is 5.75. The van der Waals surface area contributed by atoms with E-state index in [1.807, 2.05) is 30.3 Å². The predicted octanol–water partition coefficient (Wildman–Crippen LogP) is 3.53. The fraction of sp³-hybridized carbons (Fsp3) is 0.136. The number of nitrogens with one attached hydrogen (secondary N) is 2. The highest BCUT2D eigenvalue weighted by molar-refractivity contribution is 7.89. The van der Waals surface area contributed by atoms with Gasteiger partial charge in [-0.3, -0.25) is 4.79 Å². The molecular weight excluding hydrogens is 391 g/mol. The molecule has 7 heteroatoms. The number of amides is 1. The highest BCUT2D eigenvalue weighted by atomic mass is 32.2. The summed E-state index contributed by atoms with van der Waals surface area (Å²) in [6.45, 7) is 0.294. The van der Waals surface area contributed by atoms with Crippen LogP contribution in [0.3, 0.4) is 0 Å². The Hall–Kier alpha value is -3.03. The molecule has 0 bridgehead atoms. The minimum absolute atomic E-state index is 0.0986. The van der Waals surface area contributed by atoms with Gasteiger partial charge in [0.05, 0.1) is 11.3 Å². The van der Waals surface area contributed by atoms with Crippen molar-refractivity contribution < 1.29 is 17.6 Å². The van der Waals surface area contributed by atoms with Crippen molar-refractivity contribution in [2.45, 2.75) is 17.7 Å². The van der Waals surface area contributed by atoms with Gasteiger partial charge in [-0.15, -0.1) is 0 Å². The lowest BCUT2D eigenvalue weighted by Gasteiger charge is -2.09. The molecule has 5 nitrogen and oxygen atoms in total. The molecule has 0 atom stereocenters. The number of sulfonamides is 1. The van der Waals surface area contributed by atoms with Crippen molar-refractivity contribution >= 4 is 21.6 Å². The van der Waals surface area contributed by atoms with Crippen LogP contribution in [0.2, 0.25) is 0 Å². The summed E-state index contributed by atoms with van der Waals surface area (Å²) in [6.07, 6.45) is 0.693. The molecule has 0 saturated carbocycles. The van der Waals surface area contributed by atoms with Crippen LogP contribution in [0, 0.1) is 5.82 Å². The molecule has 0 saturated heterocycles. The van der Waals surface area contributed by atoms with E-state index in [1.165, 1.54) is 36.4 Å². The van der Waals surface area contributed by atoms with Crippen LogP contribution in [0.1, 0.15) is 11.1 Å². The SMILES string of the molecule is O=C(Cc1ccc(F)cc1)Nc1ccc(S(=O)(=O)NCCc2ccccc2)cc1. The number of hydrogen-bond acceptors (Lipinski definition) is 3. The van der Waals surface area contributed by atoms with Gasteiger partial charge in [-0.1, -0.05) is 42.5 Å². The Labute approximate surface area is 169 Å². The smallest absolute Gasteiger partial charge is 0.240 e. The molecule has 0 heterocycles. The molecule has 3 aromatic rings. The molecule has 150 valence electrons. The molecule has 0 aliphatic carbocycles. The molecule has 2 N–H and O–H groups in total. The van der Waals surface area contributed by atoms with Gasteiger partial charge in [0.1, 0.15) is 5.82 Å². The normalized spacial score (nSPS) is 11.2. The van der Waals surface area contributed by atoms with Gasteiger partial charge in [0, 0.05) is 12.2 Å². The van der Waals surface area contributed by atoms with Crippen LogP contribution in [0.25, 0.3) is 0 Å². The second-order valence-electron chi connectivity index (χ2n) is 6.51. The summed E-state index contributed by atoms with van der Waals surface area (Å²) >= 11 is 0. The number of benzene rings is 3. The average Bonchev–Trinajstić information content (AvgIpc) is 2.71. The molecule has 3 rings (SSSR count). The lowest BCUT2D eigenvalue weighted by atomic mass is 10.1. The zero-order valence-corrected chi connectivity index (χ0v) is 16.5. The van der Waals surface area contributed by atoms with E-state index in [2.05, 4.69) is 10.0 Å². The minimum atomic E-state index is -3.63. The molecule has 0 aromatic heterocycles. The maximum Gasteiger partial charge on any atom is 0.240 e. The van der Waals surface area contributed by atoms with Gasteiger partial charge < -0.3 is 5.32 Å². The van der Waals surface area contributed by atoms with Crippen molar-refractivity contribution in [3.8, 4) is 0 Å². The van der Waals surface area contributed by atoms with Crippen LogP contribution in [0.15, 0.2) is 83.8 Å². The predicted molar refractivity (Wildman–Crippen MR) is 111 cm³/mol. The van der Waals surface area contributed by atoms with Gasteiger partial charge in [0.15, 0.2) is 0 Å². The number of rotatable bonds is 8. The number of hydrogen-bond donors (Lipinski definition) is 2. The quantitative estimate of drug-likeness (QED) is 0.594. The second-order valence-corrected chi connectivity index (χ2v) is 8.28. The summed E-state index contributed by atoms with van der Waals surface area (Å²) in [5.74, 6) is -0.628. The summed E-state index contributed by atoms with van der Waals surface area (Å²) in [6, 6.07) is 21.3. The number of carbonyl (C=O) groups is 1. The van der Waals surface area contributed by atoms with Crippen LogP contribution >= 0.6 is 0 Å². The standard InChI is InChI=1S/C22H21FN2O3S/c23-19-8-6-18(7-9-19)16-22(26)25-20-10-12-21(13-11-20)29(27,28)24-15-14-17-4-2-1-3-5-17/h1-13,24H,14-16H2,(H,25,26). The topological polar surface area (TPSA) is 75.3 Å². The third kappa shape index (κ3) is 6.23. The molecule has 0 unspecified atom stereocenters. The number of halogens is 1. The minimum Gasteiger partial charge on any atom is -0.326 e. The fourth-order valence-electron chi connectivity index (χ4n) is 2.77. The van der Waals surface area contributed by atoms with Crippen LogP contribution in [0.5, 0.6) is 0 Å². The van der Waals surface area contributed by atoms with Crippen molar-refractivity contribution in [3.05, 3.63) is 95.8 Å². The summed E-state index contributed by atoms with van der Waals surface area (Å²) in [5, 5.41) is 2.70. The van der Waals surface area contributed by atoms with Gasteiger partial charge in [0.25, 0.3) is 0 Å². The monoisotopic (exact) mass is 412 g/mol. The second kappa shape index (κ2) is 9.45. The summed E-state index contributed by atoms with van der Waals surface area (Å²) in [4.78, 5) is 12.2. The van der Waals surface area contributed by atoms with Gasteiger partial charge in [-0.2, -0.15) is 0 Å². The summed E-state index contributed by atoms with van der Waals surface area (Å²) in [7, 11) is -3.63. The third-order valence-electron chi connectivity index (χ3n) is 4.27. The van der Waals surface area contributed by atoms with Crippen LogP contribution in [-0.4, -0.2) is 20.9 Å². The summed E-state index contributed by atoms with van der Waals surface area (Å²) < 4.78 is 40.3. The highest BCUT2D eigenvalue weighted by Gasteiger charge is 2.13. The molecular formula is C22H21FN2O3S. The van der Waals surface area contributed by atoms with Crippen molar-refractivity contribution in [1.29, 1.82) is 0 Å². The van der Waals surface area contributed by atoms with E-state index in [1.54, 1.807) is 12.1 Å². The van der Waals surface area contributed by atoms with Crippen molar-refractivity contribution in [3.63, 3.8) is 0 Å². The van der Waals surface area contributed by atoms with Crippen molar-refractivity contribution in [2.24, 2.45) is 0 Å². The first-order valence-corrected chi connectivity index (χ1v) is 10.6. The van der Waals surface area contributed by atoms with E-state index in [9.17, 15) is 17.6 Å². The van der Waals surface area contributed by atoms with Crippen LogP contribution in [-0.2, 0) is 27.7 Å². The zero-order chi connectivity index (χ0) is 20.7. The molecule has 0 aliphatic heterocycles. The summed E-state index contributed by atoms with van der Waals surface area (Å²) in [5.41, 5.74) is 2.22. The first kappa shape index (κ1) is 20.7. The Bertz CT molecular complexity index is 1050. The first-order valence-electron chi connectivity index (χ1n) is 9.10. The van der Waals surface area contributed by atoms with Gasteiger partial charge in [-0.05, 0) is 53.9 Å². The largest absolute Gasteiger partial charge is 0.326 e. The van der Waals surface area contributed by atoms with E-state index in [0.29, 0.717) is 24.2 Å². The van der Waals surface area contributed by atoms with Crippen molar-refractivity contribution in [2.75, 3.05) is 11.9 Å². The average molecular weight is 412 g/mol. The molecule has 0 spiro atoms. The molecule has 0 fully saturated rings. The van der Waals surface area contributed by atoms with E-state index in [-0.39, 0.29) is 23.0 Å². The van der Waals surface area contributed by atoms with E-state index < -0.39 is 10.0 Å². The van der Waals surface area contributed by atoms with E-state index in [4.69, 9.17) is 0 Å². The zero-order valence-electron chi connectivity index (χ0n) is 15.6. The Morgan fingerprint density at radius 2 is 1.48 bits per heavy atom. The molecule has 0 radical (unpaired) electrons. The Morgan fingerprint density at radius 3 is 2.14 bits per heavy atom. The van der Waals surface area contributed by atoms with Crippen molar-refractivity contribution in [1.82, 2.24) is 4.72 Å². The molecule has 29 heavy (non-hydrogen) atoms. The maximum absolute atomic E-state index is 12.9. The number of anilines is 1. The fourth-order valence-corrected chi connectivity index (χ4v) is 3.80. The van der Waals surface area contributed by atoms with E-state index >= 15 is 0 Å². The van der Waals surface area contributed by atoms with Gasteiger partial charge in [-0.25, -0.2) is 17.5 Å². The van der Waals surface area contributed by atoms with E-state index in [0.717, 1.165) is 5.56 Å². The number of carbonyl (C=O) groups excluding carboxylic acids is 1. The molecule has 1 amide bonds. The van der Waals surface area contributed by atoms with Crippen LogP contribution < -0.4 is 10.0 Å². The Kier molecular flexibility index (Phi) is 6.74. The van der Waals surface area contributed by atoms with Gasteiger partial charge >= 0.3 is 0 Å².